The van der Waals surface area contributed by atoms with Crippen molar-refractivity contribution in [3.8, 4) is 22.8 Å². The van der Waals surface area contributed by atoms with E-state index in [2.05, 4.69) is 14.8 Å². The summed E-state index contributed by atoms with van der Waals surface area (Å²) in [5.74, 6) is 1.19. The Labute approximate surface area is 215 Å². The summed E-state index contributed by atoms with van der Waals surface area (Å²) in [5, 5.41) is 4.68. The largest absolute Gasteiger partial charge is 0.497 e. The highest BCUT2D eigenvalue weighted by Crippen LogP contribution is 2.32. The summed E-state index contributed by atoms with van der Waals surface area (Å²) in [6.45, 7) is 1.67. The number of methoxy groups -OCH3 is 2. The first kappa shape index (κ1) is 25.7. The zero-order valence-electron chi connectivity index (χ0n) is 20.4. The Kier molecular flexibility index (Phi) is 7.63. The maximum absolute atomic E-state index is 13.3. The van der Waals surface area contributed by atoms with Crippen molar-refractivity contribution in [1.82, 2.24) is 19.5 Å². The number of nitrogens with one attached hydrogen (secondary N) is 1. The van der Waals surface area contributed by atoms with Crippen molar-refractivity contribution < 1.29 is 17.9 Å². The van der Waals surface area contributed by atoms with Gasteiger partial charge in [-0.25, -0.2) is 18.1 Å². The van der Waals surface area contributed by atoms with Crippen molar-refractivity contribution in [2.75, 3.05) is 14.2 Å². The van der Waals surface area contributed by atoms with Gasteiger partial charge in [-0.3, -0.25) is 4.68 Å². The molecular weight excluding hydrogens is 500 g/mol. The topological polar surface area (TPSA) is 95.3 Å². The molecule has 0 aliphatic carbocycles. The highest BCUT2D eigenvalue weighted by Gasteiger charge is 2.25. The van der Waals surface area contributed by atoms with E-state index in [9.17, 15) is 8.42 Å². The van der Waals surface area contributed by atoms with Gasteiger partial charge in [0.2, 0.25) is 15.9 Å². The molecule has 0 spiro atoms. The van der Waals surface area contributed by atoms with E-state index in [1.54, 1.807) is 34.3 Å². The molecule has 2 heterocycles. The van der Waals surface area contributed by atoms with E-state index >= 15 is 0 Å². The predicted molar refractivity (Wildman–Crippen MR) is 139 cm³/mol. The van der Waals surface area contributed by atoms with Gasteiger partial charge < -0.3 is 9.47 Å². The highest BCUT2D eigenvalue weighted by molar-refractivity contribution is 7.89. The molecule has 0 fully saturated rings. The summed E-state index contributed by atoms with van der Waals surface area (Å²) < 4.78 is 41.6. The molecule has 8 nitrogen and oxygen atoms in total. The molecule has 0 aliphatic rings. The first-order valence-electron chi connectivity index (χ1n) is 11.2. The summed E-state index contributed by atoms with van der Waals surface area (Å²) in [6, 6.07) is 16.4. The van der Waals surface area contributed by atoms with E-state index in [0.717, 1.165) is 28.0 Å². The van der Waals surface area contributed by atoms with Crippen LogP contribution in [0.4, 0.5) is 0 Å². The van der Waals surface area contributed by atoms with Gasteiger partial charge >= 0.3 is 0 Å². The van der Waals surface area contributed by atoms with Crippen LogP contribution in [-0.4, -0.2) is 37.4 Å². The molecule has 0 aliphatic heterocycles. The number of benzene rings is 2. The Morgan fingerprint density at radius 1 is 1.06 bits per heavy atom. The fourth-order valence-electron chi connectivity index (χ4n) is 4.01. The highest BCUT2D eigenvalue weighted by atomic mass is 35.5. The molecule has 2 aromatic heterocycles. The lowest BCUT2D eigenvalue weighted by atomic mass is 9.97. The van der Waals surface area contributed by atoms with Gasteiger partial charge in [-0.15, -0.1) is 0 Å². The number of sulfonamides is 1. The number of aryl methyl sites for hydroxylation is 2. The third-order valence-corrected chi connectivity index (χ3v) is 7.57. The van der Waals surface area contributed by atoms with Crippen LogP contribution >= 0.6 is 11.6 Å². The lowest BCUT2D eigenvalue weighted by Gasteiger charge is -2.20. The molecule has 1 atom stereocenters. The second-order valence-corrected chi connectivity index (χ2v) is 10.4. The van der Waals surface area contributed by atoms with Crippen molar-refractivity contribution in [3.05, 3.63) is 88.8 Å². The molecule has 0 saturated heterocycles. The minimum Gasteiger partial charge on any atom is -0.497 e. The van der Waals surface area contributed by atoms with E-state index in [4.69, 9.17) is 21.1 Å². The lowest BCUT2D eigenvalue weighted by molar-refractivity contribution is 0.399. The first-order valence-corrected chi connectivity index (χ1v) is 13.0. The molecule has 0 radical (unpaired) electrons. The molecule has 4 aromatic rings. The van der Waals surface area contributed by atoms with Crippen LogP contribution in [0.2, 0.25) is 5.02 Å². The van der Waals surface area contributed by atoms with Crippen molar-refractivity contribution in [2.45, 2.75) is 24.3 Å². The summed E-state index contributed by atoms with van der Waals surface area (Å²) in [4.78, 5) is 4.38. The summed E-state index contributed by atoms with van der Waals surface area (Å²) in [7, 11) is 1.01. The second-order valence-electron chi connectivity index (χ2n) is 8.31. The molecule has 4 rings (SSSR count). The predicted octanol–water partition coefficient (Wildman–Crippen LogP) is 4.72. The minimum absolute atomic E-state index is 0.149. The maximum Gasteiger partial charge on any atom is 0.244 e. The Morgan fingerprint density at radius 3 is 2.33 bits per heavy atom. The zero-order chi connectivity index (χ0) is 25.9. The van der Waals surface area contributed by atoms with Crippen molar-refractivity contribution in [2.24, 2.45) is 7.05 Å². The van der Waals surface area contributed by atoms with Gasteiger partial charge in [-0.2, -0.15) is 5.10 Å². The SMILES string of the molecule is COc1ccc(C[C@H](NS(=O)(=O)c2cn(C)nc2C)c2ccc(-c3cc(Cl)cnc3OC)cc2)cc1. The molecule has 36 heavy (non-hydrogen) atoms. The molecule has 1 N–H and O–H groups in total. The molecule has 0 saturated carbocycles. The minimum atomic E-state index is -3.83. The lowest BCUT2D eigenvalue weighted by Crippen LogP contribution is -2.30. The van der Waals surface area contributed by atoms with Gasteiger partial charge in [0.1, 0.15) is 10.6 Å². The molecule has 10 heteroatoms. The van der Waals surface area contributed by atoms with Crippen molar-refractivity contribution >= 4 is 21.6 Å². The molecule has 0 bridgehead atoms. The number of aromatic nitrogens is 3. The Balaban J connectivity index is 1.69. The standard InChI is InChI=1S/C26H27ClN4O4S/c1-17-25(16-31(2)29-17)36(32,33)30-24(13-18-5-11-22(34-3)12-6-18)20-9-7-19(8-10-20)23-14-21(27)15-28-26(23)35-4/h5-12,14-16,24,30H,13H2,1-4H3/t24-/m0/s1. The quantitative estimate of drug-likeness (QED) is 0.339. The van der Waals surface area contributed by atoms with Gasteiger partial charge in [-0.1, -0.05) is 48.0 Å². The summed E-state index contributed by atoms with van der Waals surface area (Å²) in [6.07, 6.45) is 3.46. The third kappa shape index (κ3) is 5.70. The Bertz CT molecular complexity index is 1450. The van der Waals surface area contributed by atoms with E-state index < -0.39 is 16.1 Å². The number of ether oxygens (including phenoxy) is 2. The number of nitrogens with zero attached hydrogens (tertiary/aromatic N) is 3. The fourth-order valence-corrected chi connectivity index (χ4v) is 5.61. The molecule has 0 amide bonds. The van der Waals surface area contributed by atoms with Gasteiger partial charge in [0.05, 0.1) is 31.0 Å². The van der Waals surface area contributed by atoms with E-state index in [1.807, 2.05) is 48.5 Å². The maximum atomic E-state index is 13.3. The molecule has 0 unspecified atom stereocenters. The van der Waals surface area contributed by atoms with E-state index in [-0.39, 0.29) is 4.90 Å². The number of hydrogen-bond acceptors (Lipinski definition) is 6. The normalized spacial score (nSPS) is 12.4. The second kappa shape index (κ2) is 10.7. The van der Waals surface area contributed by atoms with Gasteiger partial charge in [0, 0.05) is 25.0 Å². The number of halogens is 1. The van der Waals surface area contributed by atoms with Crippen LogP contribution in [-0.2, 0) is 23.5 Å². The fraction of sp³-hybridized carbons (Fsp3) is 0.231. The van der Waals surface area contributed by atoms with Gasteiger partial charge in [0.25, 0.3) is 0 Å². The van der Waals surface area contributed by atoms with E-state index in [0.29, 0.717) is 23.0 Å². The Hall–Kier alpha value is -3.40. The van der Waals surface area contributed by atoms with Crippen LogP contribution in [0.3, 0.4) is 0 Å². The molecule has 2 aromatic carbocycles. The monoisotopic (exact) mass is 526 g/mol. The number of pyridine rings is 1. The van der Waals surface area contributed by atoms with Crippen molar-refractivity contribution in [1.29, 1.82) is 0 Å². The summed E-state index contributed by atoms with van der Waals surface area (Å²) in [5.41, 5.74) is 3.78. The summed E-state index contributed by atoms with van der Waals surface area (Å²) >= 11 is 6.15. The Morgan fingerprint density at radius 2 is 1.75 bits per heavy atom. The van der Waals surface area contributed by atoms with Crippen LogP contribution in [0.1, 0.15) is 22.9 Å². The number of hydrogen-bond donors (Lipinski definition) is 1. The van der Waals surface area contributed by atoms with Crippen LogP contribution in [0, 0.1) is 6.92 Å². The average molecular weight is 527 g/mol. The number of rotatable bonds is 9. The zero-order valence-corrected chi connectivity index (χ0v) is 22.0. The van der Waals surface area contributed by atoms with Crippen molar-refractivity contribution in [3.63, 3.8) is 0 Å². The van der Waals surface area contributed by atoms with E-state index in [1.165, 1.54) is 17.1 Å². The van der Waals surface area contributed by atoms with Gasteiger partial charge in [-0.05, 0) is 48.2 Å². The molecular formula is C26H27ClN4O4S. The first-order chi connectivity index (χ1) is 17.2. The smallest absolute Gasteiger partial charge is 0.244 e. The van der Waals surface area contributed by atoms with Crippen LogP contribution in [0.5, 0.6) is 11.6 Å². The van der Waals surface area contributed by atoms with Crippen LogP contribution in [0.25, 0.3) is 11.1 Å². The van der Waals surface area contributed by atoms with Crippen LogP contribution in [0.15, 0.2) is 71.9 Å². The molecule has 188 valence electrons. The average Bonchev–Trinajstić information content (AvgIpc) is 3.22. The van der Waals surface area contributed by atoms with Gasteiger partial charge in [0.15, 0.2) is 0 Å². The third-order valence-electron chi connectivity index (χ3n) is 5.79. The van der Waals surface area contributed by atoms with Crippen LogP contribution < -0.4 is 14.2 Å².